The molecule has 0 saturated carbocycles. The van der Waals surface area contributed by atoms with E-state index in [4.69, 9.17) is 22.7 Å². The van der Waals surface area contributed by atoms with Gasteiger partial charge in [-0.15, -0.1) is 0 Å². The summed E-state index contributed by atoms with van der Waals surface area (Å²) in [6.45, 7) is 0. The van der Waals surface area contributed by atoms with Gasteiger partial charge in [-0.3, -0.25) is 0 Å². The van der Waals surface area contributed by atoms with Crippen molar-refractivity contribution < 1.29 is 9.13 Å². The monoisotopic (exact) mass is 403 g/mol. The van der Waals surface area contributed by atoms with E-state index in [-0.39, 0.29) is 15.2 Å². The number of hydrogen-bond donors (Lipinski definition) is 1. The summed E-state index contributed by atoms with van der Waals surface area (Å²) in [5.74, 6) is 0.0798. The number of nitrogens with two attached hydrogens (primary N) is 1. The number of thiocarbonyl (C=S) groups is 1. The minimum Gasteiger partial charge on any atom is -0.453 e. The maximum atomic E-state index is 14.1. The van der Waals surface area contributed by atoms with Gasteiger partial charge in [0.05, 0.1) is 8.95 Å². The fraction of sp³-hybridized carbons (Fsp3) is 0. The number of hydrogen-bond acceptors (Lipinski definition) is 2. The Morgan fingerprint density at radius 2 is 1.79 bits per heavy atom. The SMILES string of the molecule is NC(=S)c1ccc(Oc2ccccc2Br)c(F)c1Br. The summed E-state index contributed by atoms with van der Waals surface area (Å²) in [5, 5.41) is 0. The summed E-state index contributed by atoms with van der Waals surface area (Å²) in [4.78, 5) is 0.123. The van der Waals surface area contributed by atoms with Crippen LogP contribution in [0.2, 0.25) is 0 Å². The van der Waals surface area contributed by atoms with E-state index < -0.39 is 5.82 Å². The van der Waals surface area contributed by atoms with Gasteiger partial charge in [-0.2, -0.15) is 0 Å². The highest BCUT2D eigenvalue weighted by Gasteiger charge is 2.15. The molecule has 19 heavy (non-hydrogen) atoms. The van der Waals surface area contributed by atoms with Gasteiger partial charge < -0.3 is 10.5 Å². The van der Waals surface area contributed by atoms with Crippen molar-refractivity contribution in [1.29, 1.82) is 0 Å². The number of halogens is 3. The minimum atomic E-state index is -0.541. The summed E-state index contributed by atoms with van der Waals surface area (Å²) in [6.07, 6.45) is 0. The molecule has 0 fully saturated rings. The van der Waals surface area contributed by atoms with Crippen LogP contribution in [0.25, 0.3) is 0 Å². The first kappa shape index (κ1) is 14.4. The van der Waals surface area contributed by atoms with Crippen LogP contribution in [-0.4, -0.2) is 4.99 Å². The average Bonchev–Trinajstić information content (AvgIpc) is 2.37. The maximum Gasteiger partial charge on any atom is 0.180 e. The summed E-state index contributed by atoms with van der Waals surface area (Å²) < 4.78 is 20.6. The van der Waals surface area contributed by atoms with Gasteiger partial charge >= 0.3 is 0 Å². The lowest BCUT2D eigenvalue weighted by Crippen LogP contribution is -2.11. The second-order valence-corrected chi connectivity index (χ2v) is 5.72. The van der Waals surface area contributed by atoms with Crippen LogP contribution in [0.5, 0.6) is 11.5 Å². The van der Waals surface area contributed by atoms with Gasteiger partial charge in [0, 0.05) is 5.56 Å². The smallest absolute Gasteiger partial charge is 0.180 e. The van der Waals surface area contributed by atoms with E-state index in [9.17, 15) is 4.39 Å². The standard InChI is InChI=1S/C13H8Br2FNOS/c14-8-3-1-2-4-9(8)18-10-6-5-7(13(17)19)11(15)12(10)16/h1-6H,(H2,17,19). The van der Waals surface area contributed by atoms with Crippen LogP contribution in [0.1, 0.15) is 5.56 Å². The Morgan fingerprint density at radius 1 is 1.11 bits per heavy atom. The second kappa shape index (κ2) is 5.98. The molecule has 0 radical (unpaired) electrons. The predicted molar refractivity (Wildman–Crippen MR) is 84.2 cm³/mol. The molecule has 0 aliphatic carbocycles. The van der Waals surface area contributed by atoms with Gasteiger partial charge in [0.15, 0.2) is 11.6 Å². The number of benzene rings is 2. The summed E-state index contributed by atoms with van der Waals surface area (Å²) in [7, 11) is 0. The van der Waals surface area contributed by atoms with Gasteiger partial charge in [-0.05, 0) is 56.1 Å². The molecule has 98 valence electrons. The first-order chi connectivity index (χ1) is 9.00. The van der Waals surface area contributed by atoms with Crippen LogP contribution in [0.3, 0.4) is 0 Å². The average molecular weight is 405 g/mol. The highest BCUT2D eigenvalue weighted by Crippen LogP contribution is 2.34. The van der Waals surface area contributed by atoms with Crippen molar-refractivity contribution in [3.05, 3.63) is 56.7 Å². The van der Waals surface area contributed by atoms with Crippen molar-refractivity contribution >= 4 is 49.1 Å². The van der Waals surface area contributed by atoms with E-state index in [1.165, 1.54) is 6.07 Å². The van der Waals surface area contributed by atoms with Crippen LogP contribution < -0.4 is 10.5 Å². The van der Waals surface area contributed by atoms with Crippen LogP contribution in [0.15, 0.2) is 45.3 Å². The quantitative estimate of drug-likeness (QED) is 0.747. The Morgan fingerprint density at radius 3 is 2.42 bits per heavy atom. The molecule has 2 nitrogen and oxygen atoms in total. The Kier molecular flexibility index (Phi) is 4.54. The fourth-order valence-electron chi connectivity index (χ4n) is 1.45. The van der Waals surface area contributed by atoms with Crippen molar-refractivity contribution in [2.24, 2.45) is 5.73 Å². The maximum absolute atomic E-state index is 14.1. The molecule has 6 heteroatoms. The molecule has 0 heterocycles. The summed E-state index contributed by atoms with van der Waals surface area (Å²) >= 11 is 11.3. The first-order valence-corrected chi connectivity index (χ1v) is 7.20. The van der Waals surface area contributed by atoms with E-state index >= 15 is 0 Å². The molecule has 0 atom stereocenters. The minimum absolute atomic E-state index is 0.0961. The van der Waals surface area contributed by atoms with Crippen molar-refractivity contribution in [2.45, 2.75) is 0 Å². The van der Waals surface area contributed by atoms with Crippen molar-refractivity contribution in [3.63, 3.8) is 0 Å². The molecule has 0 amide bonds. The molecular weight excluding hydrogens is 397 g/mol. The zero-order valence-electron chi connectivity index (χ0n) is 9.49. The molecule has 0 bridgehead atoms. The second-order valence-electron chi connectivity index (χ2n) is 3.64. The van der Waals surface area contributed by atoms with Crippen LogP contribution in [-0.2, 0) is 0 Å². The Labute approximate surface area is 132 Å². The lowest BCUT2D eigenvalue weighted by atomic mass is 10.2. The van der Waals surface area contributed by atoms with Gasteiger partial charge in [0.2, 0.25) is 0 Å². The predicted octanol–water partition coefficient (Wildman–Crippen LogP) is 4.78. The Balaban J connectivity index is 2.40. The van der Waals surface area contributed by atoms with Gasteiger partial charge in [-0.25, -0.2) is 4.39 Å². The molecule has 0 aromatic heterocycles. The molecule has 0 aliphatic heterocycles. The zero-order chi connectivity index (χ0) is 14.0. The number of rotatable bonds is 3. The van der Waals surface area contributed by atoms with Gasteiger partial charge in [0.25, 0.3) is 0 Å². The topological polar surface area (TPSA) is 35.2 Å². The fourth-order valence-corrected chi connectivity index (χ4v) is 2.66. The summed E-state index contributed by atoms with van der Waals surface area (Å²) in [5.41, 5.74) is 5.93. The third kappa shape index (κ3) is 3.13. The molecule has 2 aromatic carbocycles. The van der Waals surface area contributed by atoms with E-state index in [1.54, 1.807) is 18.2 Å². The Bertz CT molecular complexity index is 649. The van der Waals surface area contributed by atoms with E-state index in [0.29, 0.717) is 11.3 Å². The zero-order valence-corrected chi connectivity index (χ0v) is 13.5. The van der Waals surface area contributed by atoms with Crippen LogP contribution in [0, 0.1) is 5.82 Å². The van der Waals surface area contributed by atoms with Gasteiger partial charge in [0.1, 0.15) is 10.7 Å². The van der Waals surface area contributed by atoms with Gasteiger partial charge in [-0.1, -0.05) is 24.4 Å². The summed E-state index contributed by atoms with van der Waals surface area (Å²) in [6, 6.07) is 10.3. The van der Waals surface area contributed by atoms with E-state index in [0.717, 1.165) is 4.47 Å². The number of ether oxygens (including phenoxy) is 1. The van der Waals surface area contributed by atoms with Crippen LogP contribution >= 0.6 is 44.1 Å². The van der Waals surface area contributed by atoms with E-state index in [1.807, 2.05) is 12.1 Å². The third-order valence-electron chi connectivity index (χ3n) is 2.37. The molecule has 2 rings (SSSR count). The largest absolute Gasteiger partial charge is 0.453 e. The molecule has 0 aliphatic rings. The lowest BCUT2D eigenvalue weighted by Gasteiger charge is -2.11. The third-order valence-corrected chi connectivity index (χ3v) is 4.02. The highest BCUT2D eigenvalue weighted by atomic mass is 79.9. The molecule has 0 saturated heterocycles. The molecule has 2 aromatic rings. The highest BCUT2D eigenvalue weighted by molar-refractivity contribution is 9.10. The van der Waals surface area contributed by atoms with Crippen molar-refractivity contribution in [3.8, 4) is 11.5 Å². The van der Waals surface area contributed by atoms with E-state index in [2.05, 4.69) is 31.9 Å². The first-order valence-electron chi connectivity index (χ1n) is 5.21. The van der Waals surface area contributed by atoms with Crippen LogP contribution in [0.4, 0.5) is 4.39 Å². The molecule has 0 unspecified atom stereocenters. The van der Waals surface area contributed by atoms with Crippen molar-refractivity contribution in [2.75, 3.05) is 0 Å². The number of para-hydroxylation sites is 1. The lowest BCUT2D eigenvalue weighted by molar-refractivity contribution is 0.438. The molecule has 0 spiro atoms. The Hall–Kier alpha value is -0.980. The van der Waals surface area contributed by atoms with Crippen molar-refractivity contribution in [1.82, 2.24) is 0 Å². The molecular formula is C13H8Br2FNOS. The normalized spacial score (nSPS) is 10.3. The molecule has 2 N–H and O–H groups in total.